The second kappa shape index (κ2) is 21.0. The Kier molecular flexibility index (Phi) is 15.2. The molecule has 3 saturated heterocycles. The monoisotopic (exact) mass is 978 g/mol. The van der Waals surface area contributed by atoms with Crippen LogP contribution in [0, 0.1) is 16.7 Å². The fourth-order valence-corrected chi connectivity index (χ4v) is 11.9. The predicted molar refractivity (Wildman–Crippen MR) is 270 cm³/mol. The Bertz CT molecular complexity index is 2600. The second-order valence-electron chi connectivity index (χ2n) is 20.9. The fraction of sp³-hybridized carbons (Fsp3) is 0.566. The number of esters is 1. The first kappa shape index (κ1) is 50.7. The zero-order chi connectivity index (χ0) is 50.1. The summed E-state index contributed by atoms with van der Waals surface area (Å²) in [4.78, 5) is 84.9. The number of piperidine rings is 2. The first-order chi connectivity index (χ1) is 33.5. The van der Waals surface area contributed by atoms with Gasteiger partial charge in [-0.25, -0.2) is 15.2 Å². The SMILES string of the molecule is C=CC(=O)N1CCC2(CC1)CCN(C(=O)N(C)[C@H](C(=O)N[C@H]1Cc3nc(cs3)-c3ccc4c(c3)c(c(-c3cccnc3[C@H](C)OC)n4CC)CC(C)(C)COC(=O)[C@@H]3CCCN(N3)C1=O)C(C)C)CC2. The molecule has 3 fully saturated rings. The number of hydrogen-bond acceptors (Lipinski definition) is 11. The number of aryl methyl sites for hydroxylation is 1. The number of carbonyl (C=O) groups is 5. The van der Waals surface area contributed by atoms with Crippen LogP contribution in [-0.2, 0) is 48.0 Å². The van der Waals surface area contributed by atoms with Crippen LogP contribution in [0.25, 0.3) is 33.4 Å². The summed E-state index contributed by atoms with van der Waals surface area (Å²) in [5.41, 5.74) is 9.41. The number of fused-ring (bicyclic) bond motifs is 6. The van der Waals surface area contributed by atoms with Crippen LogP contribution >= 0.6 is 11.3 Å². The molecule has 4 aliphatic rings. The average molecular weight is 978 g/mol. The van der Waals surface area contributed by atoms with E-state index in [-0.39, 0.29) is 42.4 Å². The highest BCUT2D eigenvalue weighted by Gasteiger charge is 2.42. The van der Waals surface area contributed by atoms with Crippen molar-refractivity contribution in [1.82, 2.24) is 45.0 Å². The number of aromatic nitrogens is 3. The van der Waals surface area contributed by atoms with Gasteiger partial charge in [0.15, 0.2) is 0 Å². The van der Waals surface area contributed by atoms with Crippen molar-refractivity contribution >= 4 is 52.0 Å². The normalized spacial score (nSPS) is 21.5. The minimum absolute atomic E-state index is 0.0444. The maximum absolute atomic E-state index is 14.7. The number of thiazole rings is 1. The molecule has 1 aromatic carbocycles. The number of likely N-dealkylation sites (tertiary alicyclic amines) is 2. The van der Waals surface area contributed by atoms with E-state index in [9.17, 15) is 24.0 Å². The molecule has 3 aromatic heterocycles. The van der Waals surface area contributed by atoms with E-state index in [2.05, 4.69) is 66.9 Å². The molecular weight excluding hydrogens is 907 g/mol. The quantitative estimate of drug-likeness (QED) is 0.130. The van der Waals surface area contributed by atoms with Crippen LogP contribution in [-0.4, -0.2) is 136 Å². The van der Waals surface area contributed by atoms with Gasteiger partial charge in [0.1, 0.15) is 18.1 Å². The molecule has 5 amide bonds. The van der Waals surface area contributed by atoms with E-state index < -0.39 is 41.3 Å². The van der Waals surface area contributed by atoms with Crippen molar-refractivity contribution in [3.63, 3.8) is 0 Å². The highest BCUT2D eigenvalue weighted by molar-refractivity contribution is 7.10. The number of rotatable bonds is 9. The van der Waals surface area contributed by atoms with Crippen molar-refractivity contribution in [3.8, 4) is 22.5 Å². The van der Waals surface area contributed by atoms with Crippen LogP contribution in [0.1, 0.15) is 102 Å². The first-order valence-corrected chi connectivity index (χ1v) is 25.9. The lowest BCUT2D eigenvalue weighted by Crippen LogP contribution is -2.62. The van der Waals surface area contributed by atoms with Gasteiger partial charge in [0, 0.05) is 98.9 Å². The average Bonchev–Trinajstić information content (AvgIpc) is 3.96. The molecule has 4 aliphatic heterocycles. The number of hydrogen-bond donors (Lipinski definition) is 2. The van der Waals surface area contributed by atoms with Crippen molar-refractivity contribution in [1.29, 1.82) is 0 Å². The number of methoxy groups -OCH3 is 1. The van der Waals surface area contributed by atoms with E-state index in [4.69, 9.17) is 19.4 Å². The van der Waals surface area contributed by atoms with Gasteiger partial charge in [-0.05, 0) is 106 Å². The molecule has 1 spiro atoms. The number of amides is 5. The van der Waals surface area contributed by atoms with Gasteiger partial charge in [-0.15, -0.1) is 11.3 Å². The minimum atomic E-state index is -1.07. The van der Waals surface area contributed by atoms with Gasteiger partial charge in [-0.1, -0.05) is 40.3 Å². The molecule has 4 atom stereocenters. The van der Waals surface area contributed by atoms with E-state index >= 15 is 0 Å². The van der Waals surface area contributed by atoms with E-state index in [1.807, 2.05) is 42.0 Å². The lowest BCUT2D eigenvalue weighted by atomic mass is 9.71. The Morgan fingerprint density at radius 2 is 1.77 bits per heavy atom. The number of nitrogens with zero attached hydrogens (tertiary/aromatic N) is 7. The number of urea groups is 1. The van der Waals surface area contributed by atoms with Gasteiger partial charge >= 0.3 is 12.0 Å². The number of nitrogens with one attached hydrogen (secondary N) is 2. The van der Waals surface area contributed by atoms with Crippen molar-refractivity contribution < 1.29 is 33.4 Å². The molecule has 0 aliphatic carbocycles. The topological polar surface area (TPSA) is 172 Å². The molecule has 0 unspecified atom stereocenters. The van der Waals surface area contributed by atoms with Gasteiger partial charge in [0.25, 0.3) is 5.91 Å². The van der Waals surface area contributed by atoms with Gasteiger partial charge in [0.2, 0.25) is 11.8 Å². The predicted octanol–water partition coefficient (Wildman–Crippen LogP) is 7.17. The largest absolute Gasteiger partial charge is 0.464 e. The maximum Gasteiger partial charge on any atom is 0.324 e. The highest BCUT2D eigenvalue weighted by Crippen LogP contribution is 2.43. The molecule has 376 valence electrons. The summed E-state index contributed by atoms with van der Waals surface area (Å²) in [6, 6.07) is 7.49. The molecule has 17 heteroatoms. The second-order valence-corrected chi connectivity index (χ2v) is 21.8. The lowest BCUT2D eigenvalue weighted by molar-refractivity contribution is -0.155. The van der Waals surface area contributed by atoms with Crippen molar-refractivity contribution in [2.75, 3.05) is 53.5 Å². The number of carbonyl (C=O) groups excluding carboxylic acids is 5. The van der Waals surface area contributed by atoms with Gasteiger partial charge in [-0.3, -0.25) is 29.2 Å². The molecule has 8 rings (SSSR count). The third-order valence-corrected chi connectivity index (χ3v) is 16.1. The zero-order valence-electron chi connectivity index (χ0n) is 42.2. The van der Waals surface area contributed by atoms with Gasteiger partial charge in [0.05, 0.1) is 34.8 Å². The molecular formula is C53H71N9O7S. The summed E-state index contributed by atoms with van der Waals surface area (Å²) in [6.07, 6.45) is 8.02. The Hall–Kier alpha value is -5.65. The summed E-state index contributed by atoms with van der Waals surface area (Å²) in [5, 5.41) is 8.21. The summed E-state index contributed by atoms with van der Waals surface area (Å²) in [6.45, 7) is 19.4. The van der Waals surface area contributed by atoms with Crippen molar-refractivity contribution in [2.45, 2.75) is 124 Å². The molecule has 4 aromatic rings. The molecule has 6 bridgehead atoms. The van der Waals surface area contributed by atoms with Crippen LogP contribution in [0.2, 0.25) is 0 Å². The maximum atomic E-state index is 14.7. The van der Waals surface area contributed by atoms with E-state index in [0.717, 1.165) is 70.4 Å². The standard InChI is InChI=1S/C53H71N9O7S/c1-10-44(63)59-24-18-53(19-25-59)20-26-60(27-21-53)51(67)58(8)46(33(3)4)48(64)56-40-29-43-55-41(31-70-43)35-16-17-42-37(28-35)38(47(61(42)11-2)36-14-12-22-54-45(36)34(5)68-9)30-52(6,7)32-69-50(66)39-15-13-23-62(57-39)49(40)65/h10,12,14,16-17,22,28,31,33-34,39-40,46,57H,1,11,13,15,18-21,23-27,29-30,32H2,2-9H3,(H,56,64)/t34-,39-,40-,46-/m0/s1. The number of cyclic esters (lactones) is 1. The number of ether oxygens (including phenoxy) is 2. The molecule has 70 heavy (non-hydrogen) atoms. The number of pyridine rings is 1. The third-order valence-electron chi connectivity index (χ3n) is 15.2. The van der Waals surface area contributed by atoms with Crippen LogP contribution in [0.3, 0.4) is 0 Å². The molecule has 16 nitrogen and oxygen atoms in total. The third kappa shape index (κ3) is 10.4. The van der Waals surface area contributed by atoms with Crippen LogP contribution in [0.5, 0.6) is 0 Å². The van der Waals surface area contributed by atoms with E-state index in [0.29, 0.717) is 63.5 Å². The van der Waals surface area contributed by atoms with Crippen LogP contribution < -0.4 is 10.7 Å². The van der Waals surface area contributed by atoms with Gasteiger partial charge < -0.3 is 34.1 Å². The Morgan fingerprint density at radius 3 is 2.44 bits per heavy atom. The van der Waals surface area contributed by atoms with E-state index in [1.54, 1.807) is 20.4 Å². The zero-order valence-corrected chi connectivity index (χ0v) is 43.0. The Labute approximate surface area is 416 Å². The first-order valence-electron chi connectivity index (χ1n) is 25.0. The summed E-state index contributed by atoms with van der Waals surface area (Å²) >= 11 is 1.42. The van der Waals surface area contributed by atoms with Crippen molar-refractivity contribution in [2.24, 2.45) is 16.7 Å². The van der Waals surface area contributed by atoms with Crippen molar-refractivity contribution in [3.05, 3.63) is 70.8 Å². The fourth-order valence-electron chi connectivity index (χ4n) is 11.1. The Balaban J connectivity index is 1.09. The number of hydrazine groups is 1. The number of likely N-dealkylation sites (N-methyl/N-ethyl adjacent to an activating group) is 1. The summed E-state index contributed by atoms with van der Waals surface area (Å²) in [5.74, 6) is -1.63. The van der Waals surface area contributed by atoms with E-state index in [1.165, 1.54) is 27.3 Å². The number of benzene rings is 1. The molecule has 7 heterocycles. The molecule has 0 saturated carbocycles. The summed E-state index contributed by atoms with van der Waals surface area (Å²) in [7, 11) is 3.35. The highest BCUT2D eigenvalue weighted by atomic mass is 32.1. The molecule has 2 N–H and O–H groups in total. The van der Waals surface area contributed by atoms with Crippen LogP contribution in [0.4, 0.5) is 4.79 Å². The minimum Gasteiger partial charge on any atom is -0.464 e. The van der Waals surface area contributed by atoms with Gasteiger partial charge in [-0.2, -0.15) is 0 Å². The lowest BCUT2D eigenvalue weighted by Gasteiger charge is -2.47. The van der Waals surface area contributed by atoms with Crippen LogP contribution in [0.15, 0.2) is 54.6 Å². The Morgan fingerprint density at radius 1 is 1.06 bits per heavy atom. The smallest absolute Gasteiger partial charge is 0.324 e. The molecule has 0 radical (unpaired) electrons. The summed E-state index contributed by atoms with van der Waals surface area (Å²) < 4.78 is 14.3.